The van der Waals surface area contributed by atoms with Crippen LogP contribution in [0.2, 0.25) is 0 Å². The van der Waals surface area contributed by atoms with Crippen LogP contribution < -0.4 is 15.0 Å². The number of nitrogens with zero attached hydrogens (tertiary/aromatic N) is 3. The van der Waals surface area contributed by atoms with Crippen molar-refractivity contribution in [1.82, 2.24) is 15.3 Å². The second-order valence-corrected chi connectivity index (χ2v) is 5.19. The number of likely N-dealkylation sites (N-methyl/N-ethyl adjacent to an activating group) is 1. The van der Waals surface area contributed by atoms with Crippen LogP contribution in [0.1, 0.15) is 5.56 Å². The fourth-order valence-corrected chi connectivity index (χ4v) is 1.98. The third-order valence-corrected chi connectivity index (χ3v) is 3.25. The molecule has 1 aromatic heterocycles. The molecule has 2 aromatic rings. The standard InChI is InChI=1S/C17H20N4O4/c1-21(17-18-7-4-8-19-17)11-16(23)25-12-15(22)20-10-13-5-3-6-14(9-13)24-2/h3-9H,10-12H2,1-2H3,(H,20,22). The number of esters is 1. The third kappa shape index (κ3) is 6.09. The van der Waals surface area contributed by atoms with Gasteiger partial charge in [0.05, 0.1) is 7.11 Å². The molecule has 1 heterocycles. The minimum atomic E-state index is -0.536. The first-order valence-corrected chi connectivity index (χ1v) is 7.62. The molecule has 1 N–H and O–H groups in total. The number of amides is 1. The fraction of sp³-hybridized carbons (Fsp3) is 0.294. The highest BCUT2D eigenvalue weighted by molar-refractivity contribution is 5.81. The van der Waals surface area contributed by atoms with Gasteiger partial charge in [0.25, 0.3) is 5.91 Å². The largest absolute Gasteiger partial charge is 0.497 e. The van der Waals surface area contributed by atoms with Crippen molar-refractivity contribution in [2.24, 2.45) is 0 Å². The first-order valence-electron chi connectivity index (χ1n) is 7.62. The topological polar surface area (TPSA) is 93.6 Å². The molecule has 0 aliphatic heterocycles. The van der Waals surface area contributed by atoms with Crippen LogP contribution in [-0.4, -0.2) is 49.2 Å². The molecule has 0 bridgehead atoms. The van der Waals surface area contributed by atoms with E-state index in [-0.39, 0.29) is 19.1 Å². The van der Waals surface area contributed by atoms with Gasteiger partial charge in [-0.25, -0.2) is 9.97 Å². The molecule has 1 amide bonds. The van der Waals surface area contributed by atoms with Crippen LogP contribution in [-0.2, 0) is 20.9 Å². The number of carbonyl (C=O) groups is 2. The molecule has 0 fully saturated rings. The van der Waals surface area contributed by atoms with Crippen molar-refractivity contribution in [2.45, 2.75) is 6.54 Å². The molecular weight excluding hydrogens is 324 g/mol. The third-order valence-electron chi connectivity index (χ3n) is 3.25. The molecule has 25 heavy (non-hydrogen) atoms. The van der Waals surface area contributed by atoms with Gasteiger partial charge in [0, 0.05) is 26.0 Å². The zero-order valence-corrected chi connectivity index (χ0v) is 14.1. The fourth-order valence-electron chi connectivity index (χ4n) is 1.98. The Kier molecular flexibility index (Phi) is 6.70. The summed E-state index contributed by atoms with van der Waals surface area (Å²) in [6.45, 7) is -0.0647. The van der Waals surface area contributed by atoms with Crippen molar-refractivity contribution in [3.8, 4) is 5.75 Å². The van der Waals surface area contributed by atoms with Gasteiger partial charge in [0.15, 0.2) is 6.61 Å². The summed E-state index contributed by atoms with van der Waals surface area (Å²) in [6.07, 6.45) is 3.16. The Hall–Kier alpha value is -3.16. The van der Waals surface area contributed by atoms with E-state index in [1.54, 1.807) is 32.6 Å². The lowest BCUT2D eigenvalue weighted by Crippen LogP contribution is -2.32. The van der Waals surface area contributed by atoms with Crippen LogP contribution in [0.4, 0.5) is 5.95 Å². The lowest BCUT2D eigenvalue weighted by Gasteiger charge is -2.15. The predicted octanol–water partition coefficient (Wildman–Crippen LogP) is 0.781. The summed E-state index contributed by atoms with van der Waals surface area (Å²) in [5.41, 5.74) is 0.889. The quantitative estimate of drug-likeness (QED) is 0.707. The van der Waals surface area contributed by atoms with Crippen molar-refractivity contribution >= 4 is 17.8 Å². The summed E-state index contributed by atoms with van der Waals surface area (Å²) in [5, 5.41) is 2.68. The highest BCUT2D eigenvalue weighted by Gasteiger charge is 2.12. The maximum Gasteiger partial charge on any atom is 0.326 e. The molecule has 0 saturated carbocycles. The van der Waals surface area contributed by atoms with E-state index in [9.17, 15) is 9.59 Å². The second-order valence-electron chi connectivity index (χ2n) is 5.19. The van der Waals surface area contributed by atoms with E-state index in [0.717, 1.165) is 5.56 Å². The van der Waals surface area contributed by atoms with Crippen LogP contribution in [0.5, 0.6) is 5.75 Å². The number of aromatic nitrogens is 2. The van der Waals surface area contributed by atoms with E-state index in [0.29, 0.717) is 18.2 Å². The maximum absolute atomic E-state index is 11.8. The summed E-state index contributed by atoms with van der Waals surface area (Å²) < 4.78 is 10.1. The van der Waals surface area contributed by atoms with Gasteiger partial charge < -0.3 is 19.7 Å². The number of anilines is 1. The number of nitrogens with one attached hydrogen (secondary N) is 1. The molecule has 0 atom stereocenters. The number of methoxy groups -OCH3 is 1. The summed E-state index contributed by atoms with van der Waals surface area (Å²) in [6, 6.07) is 9.02. The van der Waals surface area contributed by atoms with E-state index >= 15 is 0 Å². The average Bonchev–Trinajstić information content (AvgIpc) is 2.65. The van der Waals surface area contributed by atoms with Gasteiger partial charge in [-0.2, -0.15) is 0 Å². The first kappa shape index (κ1) is 18.2. The molecule has 0 aliphatic carbocycles. The molecule has 2 rings (SSSR count). The van der Waals surface area contributed by atoms with E-state index in [1.165, 1.54) is 4.90 Å². The average molecular weight is 344 g/mol. The predicted molar refractivity (Wildman–Crippen MR) is 91.1 cm³/mol. The Labute approximate surface area is 145 Å². The van der Waals surface area contributed by atoms with Crippen molar-refractivity contribution in [1.29, 1.82) is 0 Å². The summed E-state index contributed by atoms with van der Waals surface area (Å²) >= 11 is 0. The van der Waals surface area contributed by atoms with E-state index in [4.69, 9.17) is 9.47 Å². The van der Waals surface area contributed by atoms with Gasteiger partial charge in [0.1, 0.15) is 12.3 Å². The van der Waals surface area contributed by atoms with Gasteiger partial charge in [-0.3, -0.25) is 9.59 Å². The molecule has 8 heteroatoms. The lowest BCUT2D eigenvalue weighted by molar-refractivity contribution is -0.147. The monoisotopic (exact) mass is 344 g/mol. The number of hydrogen-bond acceptors (Lipinski definition) is 7. The minimum Gasteiger partial charge on any atom is -0.497 e. The molecule has 0 radical (unpaired) electrons. The van der Waals surface area contributed by atoms with Crippen LogP contribution in [0.15, 0.2) is 42.7 Å². The summed E-state index contributed by atoms with van der Waals surface area (Å²) in [4.78, 5) is 33.1. The van der Waals surface area contributed by atoms with Crippen molar-refractivity contribution in [3.05, 3.63) is 48.3 Å². The molecule has 0 spiro atoms. The number of benzene rings is 1. The molecule has 0 saturated heterocycles. The molecule has 8 nitrogen and oxygen atoms in total. The van der Waals surface area contributed by atoms with Gasteiger partial charge >= 0.3 is 5.97 Å². The van der Waals surface area contributed by atoms with Crippen LogP contribution in [0.3, 0.4) is 0 Å². The van der Waals surface area contributed by atoms with E-state index in [1.807, 2.05) is 24.3 Å². The van der Waals surface area contributed by atoms with Crippen LogP contribution >= 0.6 is 0 Å². The SMILES string of the molecule is COc1cccc(CNC(=O)COC(=O)CN(C)c2ncccn2)c1. The Morgan fingerprint density at radius 3 is 2.68 bits per heavy atom. The maximum atomic E-state index is 11.8. The highest BCUT2D eigenvalue weighted by atomic mass is 16.5. The Morgan fingerprint density at radius 2 is 1.96 bits per heavy atom. The number of hydrogen-bond donors (Lipinski definition) is 1. The lowest BCUT2D eigenvalue weighted by atomic mass is 10.2. The zero-order chi connectivity index (χ0) is 18.1. The first-order chi connectivity index (χ1) is 12.1. The Morgan fingerprint density at radius 1 is 1.20 bits per heavy atom. The van der Waals surface area contributed by atoms with Gasteiger partial charge in [-0.05, 0) is 23.8 Å². The Bertz CT molecular complexity index is 709. The second kappa shape index (κ2) is 9.21. The van der Waals surface area contributed by atoms with E-state index < -0.39 is 5.97 Å². The van der Waals surface area contributed by atoms with Gasteiger partial charge in [-0.1, -0.05) is 12.1 Å². The van der Waals surface area contributed by atoms with Crippen LogP contribution in [0, 0.1) is 0 Å². The van der Waals surface area contributed by atoms with Crippen molar-refractivity contribution in [2.75, 3.05) is 32.2 Å². The molecule has 0 aliphatic rings. The number of carbonyl (C=O) groups excluding carboxylic acids is 2. The smallest absolute Gasteiger partial charge is 0.326 e. The molecular formula is C17H20N4O4. The van der Waals surface area contributed by atoms with Gasteiger partial charge in [0.2, 0.25) is 5.95 Å². The van der Waals surface area contributed by atoms with Gasteiger partial charge in [-0.15, -0.1) is 0 Å². The van der Waals surface area contributed by atoms with Crippen molar-refractivity contribution in [3.63, 3.8) is 0 Å². The minimum absolute atomic E-state index is 0.0484. The number of rotatable bonds is 8. The van der Waals surface area contributed by atoms with E-state index in [2.05, 4.69) is 15.3 Å². The molecule has 0 unspecified atom stereocenters. The van der Waals surface area contributed by atoms with Crippen LogP contribution in [0.25, 0.3) is 0 Å². The highest BCUT2D eigenvalue weighted by Crippen LogP contribution is 2.12. The molecule has 1 aromatic carbocycles. The summed E-state index contributed by atoms with van der Waals surface area (Å²) in [5.74, 6) is 0.201. The zero-order valence-electron chi connectivity index (χ0n) is 14.1. The van der Waals surface area contributed by atoms with Crippen molar-refractivity contribution < 1.29 is 19.1 Å². The molecule has 132 valence electrons. The normalized spacial score (nSPS) is 10.0. The number of ether oxygens (including phenoxy) is 2. The Balaban J connectivity index is 1.71. The summed E-state index contributed by atoms with van der Waals surface area (Å²) in [7, 11) is 3.24.